The largest absolute Gasteiger partial charge is 0.290 e. The minimum atomic E-state index is -0.500. The lowest BCUT2D eigenvalue weighted by Crippen LogP contribution is -2.18. The molecule has 0 unspecified atom stereocenters. The van der Waals surface area contributed by atoms with Crippen LogP contribution in [0.3, 0.4) is 0 Å². The number of thiophene rings is 1. The van der Waals surface area contributed by atoms with E-state index >= 15 is 0 Å². The van der Waals surface area contributed by atoms with Crippen molar-refractivity contribution in [3.8, 4) is 0 Å². The molecule has 1 heterocycles. The van der Waals surface area contributed by atoms with Crippen LogP contribution in [0.25, 0.3) is 0 Å². The van der Waals surface area contributed by atoms with E-state index in [-0.39, 0.29) is 5.02 Å². The molecule has 88 valence electrons. The molecule has 0 spiro atoms. The van der Waals surface area contributed by atoms with Gasteiger partial charge in [0, 0.05) is 0 Å². The molecule has 0 radical (unpaired) electrons. The van der Waals surface area contributed by atoms with Gasteiger partial charge in [-0.25, -0.2) is 9.38 Å². The fraction of sp³-hybridized carbons (Fsp3) is 0. The van der Waals surface area contributed by atoms with Gasteiger partial charge in [0.2, 0.25) is 0 Å². The minimum Gasteiger partial charge on any atom is -0.290 e. The zero-order chi connectivity index (χ0) is 12.3. The molecule has 0 saturated carbocycles. The van der Waals surface area contributed by atoms with E-state index in [0.29, 0.717) is 11.5 Å². The van der Waals surface area contributed by atoms with E-state index in [1.54, 1.807) is 6.07 Å². The van der Waals surface area contributed by atoms with Crippen molar-refractivity contribution in [2.45, 2.75) is 0 Å². The molecule has 0 aliphatic heterocycles. The van der Waals surface area contributed by atoms with Crippen LogP contribution in [0.1, 0.15) is 4.88 Å². The predicted octanol–water partition coefficient (Wildman–Crippen LogP) is 3.60. The highest BCUT2D eigenvalue weighted by Crippen LogP contribution is 2.22. The van der Waals surface area contributed by atoms with Crippen molar-refractivity contribution < 1.29 is 9.60 Å². The fourth-order valence-corrected chi connectivity index (χ4v) is 2.07. The Hall–Kier alpha value is -1.43. The van der Waals surface area contributed by atoms with Gasteiger partial charge in [-0.2, -0.15) is 0 Å². The van der Waals surface area contributed by atoms with Crippen molar-refractivity contribution in [2.75, 3.05) is 0 Å². The summed E-state index contributed by atoms with van der Waals surface area (Å²) in [6.07, 6.45) is 0. The summed E-state index contributed by atoms with van der Waals surface area (Å²) >= 11 is 7.06. The molecule has 1 aromatic heterocycles. The van der Waals surface area contributed by atoms with Gasteiger partial charge in [0.05, 0.1) is 15.6 Å². The van der Waals surface area contributed by atoms with E-state index in [1.807, 2.05) is 16.9 Å². The third-order valence-corrected chi connectivity index (χ3v) is 3.17. The Balaban J connectivity index is 2.36. The number of hydrogen-bond donors (Lipinski definition) is 2. The molecule has 0 amide bonds. The average molecular weight is 271 g/mol. The minimum absolute atomic E-state index is 0.00489. The Morgan fingerprint density at radius 1 is 1.41 bits per heavy atom. The summed E-state index contributed by atoms with van der Waals surface area (Å²) < 4.78 is 12.9. The summed E-state index contributed by atoms with van der Waals surface area (Å²) in [5, 5.41) is 10.9. The summed E-state index contributed by atoms with van der Waals surface area (Å²) in [5.41, 5.74) is 2.47. The fourth-order valence-electron chi connectivity index (χ4n) is 1.23. The van der Waals surface area contributed by atoms with E-state index in [9.17, 15) is 4.39 Å². The molecule has 2 rings (SSSR count). The Kier molecular flexibility index (Phi) is 3.73. The number of amidine groups is 1. The van der Waals surface area contributed by atoms with Gasteiger partial charge in [0.25, 0.3) is 0 Å². The maximum Gasteiger partial charge on any atom is 0.167 e. The van der Waals surface area contributed by atoms with Gasteiger partial charge in [-0.1, -0.05) is 17.7 Å². The molecule has 17 heavy (non-hydrogen) atoms. The maximum absolute atomic E-state index is 12.9. The molecule has 0 aliphatic carbocycles. The molecular formula is C11H8ClFN2OS. The zero-order valence-corrected chi connectivity index (χ0v) is 10.1. The number of benzene rings is 1. The molecule has 0 atom stereocenters. The number of hydroxylamine groups is 1. The van der Waals surface area contributed by atoms with Crippen LogP contribution < -0.4 is 5.48 Å². The van der Waals surface area contributed by atoms with Crippen molar-refractivity contribution in [1.29, 1.82) is 0 Å². The number of nitrogens with one attached hydrogen (secondary N) is 1. The molecule has 1 aromatic carbocycles. The van der Waals surface area contributed by atoms with E-state index in [4.69, 9.17) is 16.8 Å². The van der Waals surface area contributed by atoms with Crippen LogP contribution in [0.4, 0.5) is 10.1 Å². The van der Waals surface area contributed by atoms with E-state index < -0.39 is 5.82 Å². The monoisotopic (exact) mass is 270 g/mol. The van der Waals surface area contributed by atoms with Gasteiger partial charge in [0.1, 0.15) is 5.82 Å². The van der Waals surface area contributed by atoms with Gasteiger partial charge in [-0.3, -0.25) is 10.7 Å². The Morgan fingerprint density at radius 3 is 2.82 bits per heavy atom. The highest BCUT2D eigenvalue weighted by atomic mass is 35.5. The van der Waals surface area contributed by atoms with E-state index in [0.717, 1.165) is 4.88 Å². The van der Waals surface area contributed by atoms with Crippen molar-refractivity contribution in [1.82, 2.24) is 5.48 Å². The molecule has 3 nitrogen and oxygen atoms in total. The molecule has 0 bridgehead atoms. The average Bonchev–Trinajstić information content (AvgIpc) is 2.84. The predicted molar refractivity (Wildman–Crippen MR) is 66.8 cm³/mol. The summed E-state index contributed by atoms with van der Waals surface area (Å²) in [6, 6.07) is 7.74. The lowest BCUT2D eigenvalue weighted by molar-refractivity contribution is 0.235. The molecule has 0 saturated heterocycles. The third-order valence-electron chi connectivity index (χ3n) is 2.00. The molecule has 0 aliphatic rings. The molecule has 0 fully saturated rings. The van der Waals surface area contributed by atoms with Crippen LogP contribution in [0.2, 0.25) is 5.02 Å². The summed E-state index contributed by atoms with van der Waals surface area (Å²) in [5.74, 6) is -0.206. The Labute approximate surface area is 106 Å². The molecule has 2 N–H and O–H groups in total. The summed E-state index contributed by atoms with van der Waals surface area (Å²) in [6.45, 7) is 0. The van der Waals surface area contributed by atoms with Gasteiger partial charge in [-0.05, 0) is 29.6 Å². The van der Waals surface area contributed by atoms with Crippen LogP contribution in [-0.4, -0.2) is 11.0 Å². The van der Waals surface area contributed by atoms with E-state index in [2.05, 4.69) is 4.99 Å². The Morgan fingerprint density at radius 2 is 2.24 bits per heavy atom. The van der Waals surface area contributed by atoms with Gasteiger partial charge < -0.3 is 0 Å². The third kappa shape index (κ3) is 2.82. The quantitative estimate of drug-likeness (QED) is 0.497. The highest BCUT2D eigenvalue weighted by Gasteiger charge is 2.05. The van der Waals surface area contributed by atoms with Crippen molar-refractivity contribution in [2.24, 2.45) is 4.99 Å². The lowest BCUT2D eigenvalue weighted by Gasteiger charge is -2.02. The van der Waals surface area contributed by atoms with Crippen molar-refractivity contribution in [3.05, 3.63) is 51.4 Å². The standard InChI is InChI=1S/C11H8ClFN2OS/c12-8-6-7(3-4-9(8)13)14-11(15-16)10-2-1-5-17-10/h1-6,16H,(H,14,15). The first-order chi connectivity index (χ1) is 8.20. The summed E-state index contributed by atoms with van der Waals surface area (Å²) in [7, 11) is 0. The van der Waals surface area contributed by atoms with E-state index in [1.165, 1.54) is 29.5 Å². The molecule has 2 aromatic rings. The topological polar surface area (TPSA) is 44.6 Å². The number of rotatable bonds is 2. The molecular weight excluding hydrogens is 263 g/mol. The smallest absolute Gasteiger partial charge is 0.167 e. The van der Waals surface area contributed by atoms with Crippen LogP contribution in [0, 0.1) is 5.82 Å². The molecule has 6 heteroatoms. The van der Waals surface area contributed by atoms with Gasteiger partial charge in [-0.15, -0.1) is 11.3 Å². The van der Waals surface area contributed by atoms with Gasteiger partial charge >= 0.3 is 0 Å². The first-order valence-corrected chi connectivity index (χ1v) is 5.94. The second-order valence-electron chi connectivity index (χ2n) is 3.15. The number of aliphatic imine (C=N–C) groups is 1. The normalized spacial score (nSPS) is 11.6. The Bertz CT molecular complexity index is 542. The second kappa shape index (κ2) is 5.27. The SMILES string of the molecule is ONC(=Nc1ccc(F)c(Cl)c1)c1cccs1. The first-order valence-electron chi connectivity index (χ1n) is 4.68. The highest BCUT2D eigenvalue weighted by molar-refractivity contribution is 7.12. The number of nitrogens with zero attached hydrogens (tertiary/aromatic N) is 1. The zero-order valence-electron chi connectivity index (χ0n) is 8.52. The first kappa shape index (κ1) is 12.0. The van der Waals surface area contributed by atoms with Crippen LogP contribution >= 0.6 is 22.9 Å². The number of halogens is 2. The van der Waals surface area contributed by atoms with Crippen LogP contribution in [0.5, 0.6) is 0 Å². The maximum atomic E-state index is 12.9. The van der Waals surface area contributed by atoms with Crippen LogP contribution in [-0.2, 0) is 0 Å². The van der Waals surface area contributed by atoms with Gasteiger partial charge in [0.15, 0.2) is 5.84 Å². The van der Waals surface area contributed by atoms with Crippen molar-refractivity contribution >= 4 is 34.5 Å². The van der Waals surface area contributed by atoms with Crippen LogP contribution in [0.15, 0.2) is 40.7 Å². The lowest BCUT2D eigenvalue weighted by atomic mass is 10.3. The summed E-state index contributed by atoms with van der Waals surface area (Å²) in [4.78, 5) is 4.91. The van der Waals surface area contributed by atoms with Crippen molar-refractivity contribution in [3.63, 3.8) is 0 Å². The number of hydrogen-bond acceptors (Lipinski definition) is 3. The second-order valence-corrected chi connectivity index (χ2v) is 4.50.